The Balaban J connectivity index is 1.48. The van der Waals surface area contributed by atoms with E-state index in [1.165, 1.54) is 12.1 Å². The van der Waals surface area contributed by atoms with E-state index in [2.05, 4.69) is 20.3 Å². The number of amides is 1. The van der Waals surface area contributed by atoms with Crippen LogP contribution in [-0.2, 0) is 6.42 Å². The standard InChI is InChI=1S/C19H18FN5O/c1-11-4-3-9-25-17(12(2)22-18(11)25)19(26)21-8-7-16-23-14-6-5-13(20)10-15(14)24-16/h3-6,9-10H,7-8H2,1-2H3,(H,21,26)(H,23,24). The lowest BCUT2D eigenvalue weighted by atomic mass is 10.3. The van der Waals surface area contributed by atoms with Crippen LogP contribution in [-0.4, -0.2) is 31.8 Å². The number of H-pyrrole nitrogens is 1. The van der Waals surface area contributed by atoms with Crippen molar-refractivity contribution in [3.05, 3.63) is 65.1 Å². The molecule has 0 aliphatic carbocycles. The van der Waals surface area contributed by atoms with Crippen LogP contribution in [0.25, 0.3) is 16.7 Å². The third-order valence-electron chi connectivity index (χ3n) is 4.37. The molecule has 0 aliphatic heterocycles. The van der Waals surface area contributed by atoms with Gasteiger partial charge in [0, 0.05) is 19.2 Å². The van der Waals surface area contributed by atoms with Crippen molar-refractivity contribution in [2.24, 2.45) is 0 Å². The molecule has 6 nitrogen and oxygen atoms in total. The molecular weight excluding hydrogens is 333 g/mol. The maximum atomic E-state index is 13.2. The van der Waals surface area contributed by atoms with Gasteiger partial charge in [-0.05, 0) is 43.7 Å². The number of carbonyl (C=O) groups excluding carboxylic acids is 1. The number of aromatic amines is 1. The molecule has 0 radical (unpaired) electrons. The minimum Gasteiger partial charge on any atom is -0.350 e. The highest BCUT2D eigenvalue weighted by atomic mass is 19.1. The number of nitrogens with zero attached hydrogens (tertiary/aromatic N) is 3. The molecule has 0 unspecified atom stereocenters. The zero-order valence-electron chi connectivity index (χ0n) is 14.5. The van der Waals surface area contributed by atoms with Crippen LogP contribution in [0.15, 0.2) is 36.5 Å². The van der Waals surface area contributed by atoms with Crippen molar-refractivity contribution >= 4 is 22.6 Å². The molecule has 0 atom stereocenters. The number of benzene rings is 1. The Morgan fingerprint density at radius 2 is 2.12 bits per heavy atom. The molecule has 0 saturated heterocycles. The molecule has 0 fully saturated rings. The minimum atomic E-state index is -0.306. The Morgan fingerprint density at radius 1 is 1.27 bits per heavy atom. The van der Waals surface area contributed by atoms with Crippen molar-refractivity contribution in [3.8, 4) is 0 Å². The number of fused-ring (bicyclic) bond motifs is 2. The number of aromatic nitrogens is 4. The van der Waals surface area contributed by atoms with Crippen LogP contribution >= 0.6 is 0 Å². The third kappa shape index (κ3) is 2.81. The Bertz CT molecular complexity index is 1130. The second kappa shape index (κ2) is 6.25. The molecule has 1 amide bonds. The molecule has 26 heavy (non-hydrogen) atoms. The summed E-state index contributed by atoms with van der Waals surface area (Å²) in [7, 11) is 0. The largest absolute Gasteiger partial charge is 0.350 e. The molecule has 0 bridgehead atoms. The lowest BCUT2D eigenvalue weighted by molar-refractivity contribution is 0.0947. The second-order valence-electron chi connectivity index (χ2n) is 6.28. The fraction of sp³-hybridized carbons (Fsp3) is 0.211. The number of hydrogen-bond donors (Lipinski definition) is 2. The Morgan fingerprint density at radius 3 is 2.96 bits per heavy atom. The summed E-state index contributed by atoms with van der Waals surface area (Å²) in [5.74, 6) is 0.221. The highest BCUT2D eigenvalue weighted by molar-refractivity contribution is 5.94. The molecule has 0 spiro atoms. The summed E-state index contributed by atoms with van der Waals surface area (Å²) in [5.41, 5.74) is 4.39. The highest BCUT2D eigenvalue weighted by Gasteiger charge is 2.17. The number of carbonyl (C=O) groups is 1. The summed E-state index contributed by atoms with van der Waals surface area (Å²) in [6.07, 6.45) is 2.36. The first-order chi connectivity index (χ1) is 12.5. The number of aryl methyl sites for hydroxylation is 2. The SMILES string of the molecule is Cc1nc2c(C)cccn2c1C(=O)NCCc1nc2ccc(F)cc2[nH]1. The van der Waals surface area contributed by atoms with Crippen LogP contribution in [0.3, 0.4) is 0 Å². The van der Waals surface area contributed by atoms with E-state index in [0.29, 0.717) is 41.2 Å². The van der Waals surface area contributed by atoms with E-state index >= 15 is 0 Å². The fourth-order valence-corrected chi connectivity index (χ4v) is 3.12. The van der Waals surface area contributed by atoms with E-state index in [0.717, 1.165) is 11.2 Å². The quantitative estimate of drug-likeness (QED) is 0.594. The van der Waals surface area contributed by atoms with Gasteiger partial charge in [-0.25, -0.2) is 14.4 Å². The van der Waals surface area contributed by atoms with E-state index in [1.54, 1.807) is 6.07 Å². The molecule has 4 aromatic rings. The van der Waals surface area contributed by atoms with Gasteiger partial charge in [-0.15, -0.1) is 0 Å². The van der Waals surface area contributed by atoms with Crippen LogP contribution in [0.4, 0.5) is 4.39 Å². The van der Waals surface area contributed by atoms with Crippen LogP contribution < -0.4 is 5.32 Å². The number of halogens is 1. The average molecular weight is 351 g/mol. The summed E-state index contributed by atoms with van der Waals surface area (Å²) in [6.45, 7) is 4.21. The van der Waals surface area contributed by atoms with E-state index in [-0.39, 0.29) is 11.7 Å². The summed E-state index contributed by atoms with van der Waals surface area (Å²) < 4.78 is 15.1. The zero-order chi connectivity index (χ0) is 18.3. The maximum Gasteiger partial charge on any atom is 0.270 e. The third-order valence-corrected chi connectivity index (χ3v) is 4.37. The second-order valence-corrected chi connectivity index (χ2v) is 6.28. The first-order valence-electron chi connectivity index (χ1n) is 8.39. The van der Waals surface area contributed by atoms with E-state index < -0.39 is 0 Å². The average Bonchev–Trinajstić information content (AvgIpc) is 3.15. The van der Waals surface area contributed by atoms with Gasteiger partial charge in [0.15, 0.2) is 0 Å². The molecule has 3 heterocycles. The van der Waals surface area contributed by atoms with E-state index in [9.17, 15) is 9.18 Å². The first kappa shape index (κ1) is 16.3. The zero-order valence-corrected chi connectivity index (χ0v) is 14.5. The van der Waals surface area contributed by atoms with Crippen LogP contribution in [0, 0.1) is 19.7 Å². The molecule has 7 heteroatoms. The van der Waals surface area contributed by atoms with Crippen molar-refractivity contribution in [3.63, 3.8) is 0 Å². The normalized spacial score (nSPS) is 11.3. The molecule has 1 aromatic carbocycles. The van der Waals surface area contributed by atoms with Crippen molar-refractivity contribution in [1.29, 1.82) is 0 Å². The smallest absolute Gasteiger partial charge is 0.270 e. The molecular formula is C19H18FN5O. The fourth-order valence-electron chi connectivity index (χ4n) is 3.12. The first-order valence-corrected chi connectivity index (χ1v) is 8.39. The Labute approximate surface area is 149 Å². The van der Waals surface area contributed by atoms with Crippen LogP contribution in [0.5, 0.6) is 0 Å². The predicted molar refractivity (Wildman–Crippen MR) is 96.8 cm³/mol. The van der Waals surface area contributed by atoms with Crippen molar-refractivity contribution < 1.29 is 9.18 Å². The number of imidazole rings is 2. The van der Waals surface area contributed by atoms with Gasteiger partial charge in [0.05, 0.1) is 16.7 Å². The van der Waals surface area contributed by atoms with Crippen molar-refractivity contribution in [1.82, 2.24) is 24.7 Å². The van der Waals surface area contributed by atoms with Gasteiger partial charge < -0.3 is 10.3 Å². The van der Waals surface area contributed by atoms with Crippen LogP contribution in [0.1, 0.15) is 27.6 Å². The summed E-state index contributed by atoms with van der Waals surface area (Å²) >= 11 is 0. The van der Waals surface area contributed by atoms with Gasteiger partial charge >= 0.3 is 0 Å². The van der Waals surface area contributed by atoms with E-state index in [4.69, 9.17) is 0 Å². The minimum absolute atomic E-state index is 0.178. The van der Waals surface area contributed by atoms with Gasteiger partial charge in [-0.1, -0.05) is 6.07 Å². The lowest BCUT2D eigenvalue weighted by Crippen LogP contribution is -2.27. The van der Waals surface area contributed by atoms with Gasteiger partial charge in [0.2, 0.25) is 0 Å². The maximum absolute atomic E-state index is 13.2. The van der Waals surface area contributed by atoms with Crippen molar-refractivity contribution in [2.45, 2.75) is 20.3 Å². The molecule has 2 N–H and O–H groups in total. The number of nitrogens with one attached hydrogen (secondary N) is 2. The number of pyridine rings is 1. The molecule has 132 valence electrons. The van der Waals surface area contributed by atoms with E-state index in [1.807, 2.05) is 36.6 Å². The highest BCUT2D eigenvalue weighted by Crippen LogP contribution is 2.16. The molecule has 0 aliphatic rings. The molecule has 3 aromatic heterocycles. The molecule has 0 saturated carbocycles. The van der Waals surface area contributed by atoms with Crippen LogP contribution in [0.2, 0.25) is 0 Å². The lowest BCUT2D eigenvalue weighted by Gasteiger charge is -2.05. The summed E-state index contributed by atoms with van der Waals surface area (Å²) in [4.78, 5) is 24.6. The Hall–Kier alpha value is -3.22. The van der Waals surface area contributed by atoms with Gasteiger partial charge in [-0.3, -0.25) is 9.20 Å². The summed E-state index contributed by atoms with van der Waals surface area (Å²) in [6, 6.07) is 8.29. The van der Waals surface area contributed by atoms with Gasteiger partial charge in [-0.2, -0.15) is 0 Å². The monoisotopic (exact) mass is 351 g/mol. The summed E-state index contributed by atoms with van der Waals surface area (Å²) in [5, 5.41) is 2.91. The van der Waals surface area contributed by atoms with Gasteiger partial charge in [0.1, 0.15) is 23.0 Å². The number of rotatable bonds is 4. The van der Waals surface area contributed by atoms with Crippen molar-refractivity contribution in [2.75, 3.05) is 6.54 Å². The molecule has 4 rings (SSSR count). The Kier molecular flexibility index (Phi) is 3.91. The number of hydrogen-bond acceptors (Lipinski definition) is 3. The predicted octanol–water partition coefficient (Wildman–Crippen LogP) is 2.94. The topological polar surface area (TPSA) is 75.1 Å². The van der Waals surface area contributed by atoms with Gasteiger partial charge in [0.25, 0.3) is 5.91 Å².